The minimum atomic E-state index is 0. The number of hydrogen-bond donors (Lipinski definition) is 0. The molecule has 0 bridgehead atoms. The molecular formula is C13H10BrClMgO. The molecule has 0 atom stereocenters. The summed E-state index contributed by atoms with van der Waals surface area (Å²) in [6.07, 6.45) is 0. The molecule has 0 radical (unpaired) electrons. The van der Waals surface area contributed by atoms with Crippen LogP contribution in [0.5, 0.6) is 5.75 Å². The van der Waals surface area contributed by atoms with E-state index in [1.807, 2.05) is 48.5 Å². The van der Waals surface area contributed by atoms with Crippen molar-refractivity contribution < 1.29 is 21.7 Å². The van der Waals surface area contributed by atoms with E-state index in [1.54, 1.807) is 0 Å². The zero-order chi connectivity index (χ0) is 10.5. The van der Waals surface area contributed by atoms with Gasteiger partial charge in [-0.2, -0.15) is 30.3 Å². The minimum Gasteiger partial charge on any atom is -1.00 e. The average Bonchev–Trinajstić information content (AvgIpc) is 2.30. The molecule has 84 valence electrons. The Bertz CT molecular complexity index is 419. The van der Waals surface area contributed by atoms with Crippen molar-refractivity contribution >= 4 is 34.7 Å². The number of halogens is 2. The van der Waals surface area contributed by atoms with Gasteiger partial charge in [0.2, 0.25) is 0 Å². The van der Waals surface area contributed by atoms with E-state index in [2.05, 4.69) is 6.07 Å². The van der Waals surface area contributed by atoms with Gasteiger partial charge in [-0.05, 0) is 24.3 Å². The van der Waals surface area contributed by atoms with Crippen LogP contribution in [0, 0.1) is 6.07 Å². The molecule has 0 fully saturated rings. The summed E-state index contributed by atoms with van der Waals surface area (Å²) in [6.45, 7) is 0.530. The summed E-state index contributed by atoms with van der Waals surface area (Å²) < 4.78 is 5.56. The van der Waals surface area contributed by atoms with Gasteiger partial charge in [-0.1, -0.05) is 11.6 Å². The van der Waals surface area contributed by atoms with Gasteiger partial charge >= 0.3 is 23.1 Å². The maximum Gasteiger partial charge on any atom is 2.00 e. The molecule has 0 saturated heterocycles. The molecule has 2 aromatic rings. The largest absolute Gasteiger partial charge is 2.00 e. The zero-order valence-electron chi connectivity index (χ0n) is 9.20. The Labute approximate surface area is 133 Å². The monoisotopic (exact) mass is 320 g/mol. The molecule has 0 aliphatic carbocycles. The Balaban J connectivity index is 0.00000128. The van der Waals surface area contributed by atoms with Crippen LogP contribution in [0.25, 0.3) is 0 Å². The molecule has 0 aromatic heterocycles. The van der Waals surface area contributed by atoms with Crippen LogP contribution in [0.2, 0.25) is 5.02 Å². The summed E-state index contributed by atoms with van der Waals surface area (Å²) in [4.78, 5) is 0. The average molecular weight is 322 g/mol. The van der Waals surface area contributed by atoms with E-state index in [-0.39, 0.29) is 40.0 Å². The van der Waals surface area contributed by atoms with Gasteiger partial charge in [0.15, 0.2) is 0 Å². The maximum absolute atomic E-state index is 5.77. The third-order valence-corrected chi connectivity index (χ3v) is 2.23. The van der Waals surface area contributed by atoms with Crippen molar-refractivity contribution in [2.45, 2.75) is 6.61 Å². The van der Waals surface area contributed by atoms with Crippen LogP contribution < -0.4 is 21.7 Å². The molecule has 0 aliphatic rings. The van der Waals surface area contributed by atoms with Crippen molar-refractivity contribution in [3.63, 3.8) is 0 Å². The van der Waals surface area contributed by atoms with Gasteiger partial charge in [0.25, 0.3) is 0 Å². The molecule has 17 heavy (non-hydrogen) atoms. The van der Waals surface area contributed by atoms with Crippen molar-refractivity contribution in [2.24, 2.45) is 0 Å². The van der Waals surface area contributed by atoms with E-state index >= 15 is 0 Å². The van der Waals surface area contributed by atoms with Gasteiger partial charge in [0.05, 0.1) is 6.61 Å². The second-order valence-corrected chi connectivity index (χ2v) is 3.57. The van der Waals surface area contributed by atoms with E-state index in [9.17, 15) is 0 Å². The first-order valence-electron chi connectivity index (χ1n) is 4.68. The molecule has 2 aromatic carbocycles. The molecular weight excluding hydrogens is 312 g/mol. The summed E-state index contributed by atoms with van der Waals surface area (Å²) in [6, 6.07) is 18.2. The summed E-state index contributed by atoms with van der Waals surface area (Å²) in [5, 5.41) is 0.716. The van der Waals surface area contributed by atoms with Crippen LogP contribution in [0.3, 0.4) is 0 Å². The van der Waals surface area contributed by atoms with Gasteiger partial charge in [-0.15, -0.1) is 5.56 Å². The van der Waals surface area contributed by atoms with Gasteiger partial charge in [0.1, 0.15) is 5.75 Å². The van der Waals surface area contributed by atoms with Crippen LogP contribution in [-0.2, 0) is 6.61 Å². The van der Waals surface area contributed by atoms with Crippen molar-refractivity contribution in [3.05, 3.63) is 65.2 Å². The van der Waals surface area contributed by atoms with Gasteiger partial charge in [0, 0.05) is 5.02 Å². The molecule has 0 N–H and O–H groups in total. The first-order valence-corrected chi connectivity index (χ1v) is 5.06. The first kappa shape index (κ1) is 16.8. The molecule has 4 heteroatoms. The van der Waals surface area contributed by atoms with Crippen LogP contribution in [0.1, 0.15) is 5.56 Å². The van der Waals surface area contributed by atoms with Crippen LogP contribution in [0.4, 0.5) is 0 Å². The number of rotatable bonds is 3. The zero-order valence-corrected chi connectivity index (χ0v) is 13.0. The fourth-order valence-corrected chi connectivity index (χ4v) is 1.34. The van der Waals surface area contributed by atoms with Crippen molar-refractivity contribution in [3.8, 4) is 5.75 Å². The first-order chi connectivity index (χ1) is 7.34. The van der Waals surface area contributed by atoms with E-state index in [4.69, 9.17) is 16.3 Å². The van der Waals surface area contributed by atoms with Crippen LogP contribution in [-0.4, -0.2) is 23.1 Å². The fourth-order valence-electron chi connectivity index (χ4n) is 1.21. The Morgan fingerprint density at radius 2 is 1.76 bits per heavy atom. The molecule has 0 heterocycles. The van der Waals surface area contributed by atoms with Crippen molar-refractivity contribution in [1.82, 2.24) is 0 Å². The normalized spacial score (nSPS) is 8.76. The second-order valence-electron chi connectivity index (χ2n) is 3.13. The molecule has 0 saturated carbocycles. The SMILES string of the molecule is Clc1ccc(OCc2[c-]cccc2)cc1.[Br-].[Mg+2]. The fraction of sp³-hybridized carbons (Fsp3) is 0.0769. The summed E-state index contributed by atoms with van der Waals surface area (Å²) in [7, 11) is 0. The van der Waals surface area contributed by atoms with E-state index in [0.717, 1.165) is 11.3 Å². The minimum absolute atomic E-state index is 0. The Morgan fingerprint density at radius 1 is 1.06 bits per heavy atom. The smallest absolute Gasteiger partial charge is 1.00 e. The van der Waals surface area contributed by atoms with Gasteiger partial charge in [-0.25, -0.2) is 0 Å². The molecule has 0 unspecified atom stereocenters. The Morgan fingerprint density at radius 3 is 2.35 bits per heavy atom. The second kappa shape index (κ2) is 8.81. The number of benzene rings is 2. The van der Waals surface area contributed by atoms with Crippen molar-refractivity contribution in [2.75, 3.05) is 0 Å². The summed E-state index contributed by atoms with van der Waals surface area (Å²) >= 11 is 5.77. The van der Waals surface area contributed by atoms with Gasteiger partial charge in [-0.3, -0.25) is 0 Å². The van der Waals surface area contributed by atoms with E-state index in [1.165, 1.54) is 0 Å². The third kappa shape index (κ3) is 5.77. The van der Waals surface area contributed by atoms with Crippen LogP contribution in [0.15, 0.2) is 48.5 Å². The molecule has 0 spiro atoms. The summed E-state index contributed by atoms with van der Waals surface area (Å²) in [5.74, 6) is 0.816. The van der Waals surface area contributed by atoms with Crippen molar-refractivity contribution in [1.29, 1.82) is 0 Å². The van der Waals surface area contributed by atoms with E-state index in [0.29, 0.717) is 11.6 Å². The molecule has 0 amide bonds. The van der Waals surface area contributed by atoms with Gasteiger partial charge < -0.3 is 21.7 Å². The maximum atomic E-state index is 5.77. The topological polar surface area (TPSA) is 9.23 Å². The molecule has 1 nitrogen and oxygen atoms in total. The summed E-state index contributed by atoms with van der Waals surface area (Å²) in [5.41, 5.74) is 1.03. The predicted molar refractivity (Wildman–Crippen MR) is 66.8 cm³/mol. The standard InChI is InChI=1S/C13H10ClO.BrH.Mg/c14-12-6-8-13(9-7-12)15-10-11-4-2-1-3-5-11;;/h1-4,6-9H,10H2;1H;/q-1;;+2/p-1. The Hall–Kier alpha value is -0.224. The Kier molecular flexibility index (Phi) is 8.69. The third-order valence-electron chi connectivity index (χ3n) is 1.98. The van der Waals surface area contributed by atoms with E-state index < -0.39 is 0 Å². The number of hydrogen-bond acceptors (Lipinski definition) is 1. The van der Waals surface area contributed by atoms with Crippen LogP contribution >= 0.6 is 11.6 Å². The predicted octanol–water partition coefficient (Wildman–Crippen LogP) is 0.342. The molecule has 2 rings (SSSR count). The quantitative estimate of drug-likeness (QED) is 0.585. The molecule has 0 aliphatic heterocycles. The number of ether oxygens (including phenoxy) is 1.